The average molecular weight is 504 g/mol. The second-order valence-electron chi connectivity index (χ2n) is 10.5. The van der Waals surface area contributed by atoms with Gasteiger partial charge in [-0.15, -0.1) is 0 Å². The van der Waals surface area contributed by atoms with Crippen LogP contribution in [0.5, 0.6) is 0 Å². The molecule has 1 atom stereocenters. The van der Waals surface area contributed by atoms with Crippen LogP contribution in [0.2, 0.25) is 0 Å². The van der Waals surface area contributed by atoms with Crippen LogP contribution in [0.3, 0.4) is 0 Å². The van der Waals surface area contributed by atoms with E-state index in [0.717, 1.165) is 17.1 Å². The number of hydrogen-bond donors (Lipinski definition) is 0. The highest BCUT2D eigenvalue weighted by Crippen LogP contribution is 2.44. The monoisotopic (exact) mass is 503 g/mol. The van der Waals surface area contributed by atoms with Crippen molar-refractivity contribution in [3.8, 4) is 45.0 Å². The molecule has 2 aliphatic rings. The Morgan fingerprint density at radius 3 is 2.10 bits per heavy atom. The maximum Gasteiger partial charge on any atom is 0.591 e. The summed E-state index contributed by atoms with van der Waals surface area (Å²) in [5.74, 6) is -0.757. The normalized spacial score (nSPS) is 16.1. The summed E-state index contributed by atoms with van der Waals surface area (Å²) in [6.07, 6.45) is 8.69. The fourth-order valence-corrected chi connectivity index (χ4v) is 6.55. The highest BCUT2D eigenvalue weighted by molar-refractivity contribution is 5.81. The SMILES string of the molecule is Cc1ccc2[n+](c1)[C@@]1([n+]3ccccc3-c3ccccn3)c3c(cccc3-c3ccc(C)c[n+]31)-c1cccc-2c1. The minimum absolute atomic E-state index is 0.757. The van der Waals surface area contributed by atoms with E-state index >= 15 is 0 Å². The van der Waals surface area contributed by atoms with Gasteiger partial charge in [0.05, 0.1) is 5.56 Å². The Morgan fingerprint density at radius 1 is 0.564 bits per heavy atom. The molecule has 2 bridgehead atoms. The maximum absolute atomic E-state index is 4.82. The molecule has 0 unspecified atom stereocenters. The van der Waals surface area contributed by atoms with Crippen LogP contribution in [-0.2, 0) is 5.79 Å². The largest absolute Gasteiger partial charge is 0.591 e. The Bertz CT molecular complexity index is 1940. The molecule has 4 nitrogen and oxygen atoms in total. The zero-order valence-corrected chi connectivity index (χ0v) is 21.9. The minimum Gasteiger partial charge on any atom is -0.250 e. The van der Waals surface area contributed by atoms with Gasteiger partial charge in [0.2, 0.25) is 17.1 Å². The molecule has 0 radical (unpaired) electrons. The van der Waals surface area contributed by atoms with Gasteiger partial charge in [0, 0.05) is 52.7 Å². The Labute approximate surface area is 227 Å². The molecule has 4 heteroatoms. The lowest BCUT2D eigenvalue weighted by atomic mass is 9.88. The number of pyridine rings is 4. The van der Waals surface area contributed by atoms with Crippen LogP contribution >= 0.6 is 0 Å². The molecule has 0 aliphatic carbocycles. The summed E-state index contributed by atoms with van der Waals surface area (Å²) in [6, 6.07) is 37.2. The number of aryl methyl sites for hydroxylation is 2. The molecule has 0 N–H and O–H groups in total. The van der Waals surface area contributed by atoms with Crippen molar-refractivity contribution in [2.24, 2.45) is 0 Å². The van der Waals surface area contributed by atoms with Crippen molar-refractivity contribution in [2.45, 2.75) is 19.6 Å². The van der Waals surface area contributed by atoms with Crippen molar-refractivity contribution >= 4 is 0 Å². The number of rotatable bonds is 2. The molecular formula is C35H27N4+3. The van der Waals surface area contributed by atoms with Gasteiger partial charge in [-0.25, -0.2) is 4.98 Å². The fraction of sp³-hybridized carbons (Fsp3) is 0.0857. The van der Waals surface area contributed by atoms with Gasteiger partial charge in [-0.3, -0.25) is 0 Å². The lowest BCUT2D eigenvalue weighted by molar-refractivity contribution is -1.15. The highest BCUT2D eigenvalue weighted by Gasteiger charge is 2.71. The molecule has 6 aromatic rings. The number of benzene rings is 2. The van der Waals surface area contributed by atoms with Crippen LogP contribution in [0.1, 0.15) is 16.7 Å². The first-order valence-corrected chi connectivity index (χ1v) is 13.4. The molecule has 184 valence electrons. The second-order valence-corrected chi connectivity index (χ2v) is 10.5. The molecule has 2 aliphatic heterocycles. The molecule has 0 saturated carbocycles. The topological polar surface area (TPSA) is 24.5 Å². The van der Waals surface area contributed by atoms with Crippen molar-refractivity contribution < 1.29 is 13.7 Å². The van der Waals surface area contributed by atoms with Crippen molar-refractivity contribution in [3.05, 3.63) is 145 Å². The molecule has 8 rings (SSSR count). The van der Waals surface area contributed by atoms with Gasteiger partial charge < -0.3 is 0 Å². The van der Waals surface area contributed by atoms with E-state index in [1.807, 2.05) is 12.3 Å². The van der Waals surface area contributed by atoms with E-state index in [-0.39, 0.29) is 0 Å². The molecule has 6 heterocycles. The van der Waals surface area contributed by atoms with Gasteiger partial charge in [-0.2, -0.15) is 0 Å². The first-order valence-electron chi connectivity index (χ1n) is 13.4. The predicted octanol–water partition coefficient (Wildman–Crippen LogP) is 5.61. The molecule has 4 aromatic heterocycles. The summed E-state index contributed by atoms with van der Waals surface area (Å²) in [5.41, 5.74) is 12.9. The number of fused-ring (bicyclic) bond motifs is 9. The van der Waals surface area contributed by atoms with Crippen molar-refractivity contribution in [3.63, 3.8) is 0 Å². The van der Waals surface area contributed by atoms with Gasteiger partial charge in [0.1, 0.15) is 5.69 Å². The summed E-state index contributed by atoms with van der Waals surface area (Å²) < 4.78 is 7.37. The van der Waals surface area contributed by atoms with Crippen LogP contribution in [0.15, 0.2) is 128 Å². The van der Waals surface area contributed by atoms with E-state index < -0.39 is 5.79 Å². The maximum atomic E-state index is 4.82. The zero-order valence-electron chi connectivity index (χ0n) is 21.9. The van der Waals surface area contributed by atoms with Crippen LogP contribution < -0.4 is 13.7 Å². The first kappa shape index (κ1) is 22.1. The predicted molar refractivity (Wildman–Crippen MR) is 150 cm³/mol. The third-order valence-corrected chi connectivity index (χ3v) is 8.13. The first-order chi connectivity index (χ1) is 19.2. The minimum atomic E-state index is -0.757. The fourth-order valence-electron chi connectivity index (χ4n) is 6.55. The Balaban J connectivity index is 1.66. The molecular weight excluding hydrogens is 476 g/mol. The molecule has 39 heavy (non-hydrogen) atoms. The standard InChI is InChI=1S/C35H27N4/c1-24-15-17-31-27-10-7-9-26(21-27)28-11-8-12-29-32-18-16-25(2)23-39(32)35(34(28)29,38(31)22-24)37-20-6-4-14-33(37)30-13-3-5-19-36-30/h3-23H,1-2H3/q+3/t35-/m0/s1. The summed E-state index contributed by atoms with van der Waals surface area (Å²) >= 11 is 0. The Hall–Kier alpha value is -4.96. The van der Waals surface area contributed by atoms with Gasteiger partial charge in [0.15, 0.2) is 24.2 Å². The molecule has 0 saturated heterocycles. The van der Waals surface area contributed by atoms with E-state index in [0.29, 0.717) is 0 Å². The lowest BCUT2D eigenvalue weighted by Gasteiger charge is -2.23. The van der Waals surface area contributed by atoms with E-state index in [9.17, 15) is 0 Å². The highest BCUT2D eigenvalue weighted by atomic mass is 15.4. The van der Waals surface area contributed by atoms with E-state index in [1.165, 1.54) is 44.6 Å². The number of hydrogen-bond acceptors (Lipinski definition) is 1. The third-order valence-electron chi connectivity index (χ3n) is 8.13. The summed E-state index contributed by atoms with van der Waals surface area (Å²) in [5, 5.41) is 0. The quantitative estimate of drug-likeness (QED) is 0.282. The van der Waals surface area contributed by atoms with Crippen LogP contribution in [0.25, 0.3) is 45.0 Å². The van der Waals surface area contributed by atoms with Crippen LogP contribution in [0, 0.1) is 13.8 Å². The van der Waals surface area contributed by atoms with Crippen molar-refractivity contribution in [1.29, 1.82) is 0 Å². The van der Waals surface area contributed by atoms with E-state index in [4.69, 9.17) is 4.98 Å². The smallest absolute Gasteiger partial charge is 0.250 e. The summed E-state index contributed by atoms with van der Waals surface area (Å²) in [7, 11) is 0. The third kappa shape index (κ3) is 2.94. The summed E-state index contributed by atoms with van der Waals surface area (Å²) in [4.78, 5) is 4.82. The van der Waals surface area contributed by atoms with Gasteiger partial charge in [0.25, 0.3) is 0 Å². The molecule has 2 aromatic carbocycles. The average Bonchev–Trinajstić information content (AvgIpc) is 3.27. The number of nitrogens with zero attached hydrogens (tertiary/aromatic N) is 4. The zero-order chi connectivity index (χ0) is 26.1. The molecule has 0 spiro atoms. The van der Waals surface area contributed by atoms with Gasteiger partial charge in [-0.05, 0) is 67.9 Å². The molecule has 0 amide bonds. The Kier molecular flexibility index (Phi) is 4.54. The van der Waals surface area contributed by atoms with Crippen molar-refractivity contribution in [1.82, 2.24) is 4.98 Å². The van der Waals surface area contributed by atoms with Crippen molar-refractivity contribution in [2.75, 3.05) is 0 Å². The van der Waals surface area contributed by atoms with Gasteiger partial charge in [-0.1, -0.05) is 44.0 Å². The van der Waals surface area contributed by atoms with Crippen LogP contribution in [0.4, 0.5) is 0 Å². The molecule has 0 fully saturated rings. The van der Waals surface area contributed by atoms with Gasteiger partial charge >= 0.3 is 5.79 Å². The second kappa shape index (κ2) is 8.02. The van der Waals surface area contributed by atoms with Crippen LogP contribution in [-0.4, -0.2) is 4.98 Å². The number of aromatic nitrogens is 4. The summed E-state index contributed by atoms with van der Waals surface area (Å²) in [6.45, 7) is 4.35. The lowest BCUT2D eigenvalue weighted by Crippen LogP contribution is -2.87. The van der Waals surface area contributed by atoms with E-state index in [2.05, 4.69) is 143 Å². The Morgan fingerprint density at radius 2 is 1.28 bits per heavy atom. The van der Waals surface area contributed by atoms with E-state index in [1.54, 1.807) is 0 Å².